The summed E-state index contributed by atoms with van der Waals surface area (Å²) in [6.07, 6.45) is -0.755. The molecule has 0 spiro atoms. The van der Waals surface area contributed by atoms with Crippen molar-refractivity contribution in [2.45, 2.75) is 13.0 Å². The van der Waals surface area contributed by atoms with Crippen LogP contribution in [0.5, 0.6) is 17.2 Å². The molecule has 0 bridgehead atoms. The molecule has 2 aromatic carbocycles. The number of para-hydroxylation sites is 1. The van der Waals surface area contributed by atoms with Crippen molar-refractivity contribution >= 4 is 11.6 Å². The number of hydrogen-bond donors (Lipinski definition) is 1. The molecule has 23 heavy (non-hydrogen) atoms. The van der Waals surface area contributed by atoms with Gasteiger partial charge in [-0.1, -0.05) is 12.1 Å². The summed E-state index contributed by atoms with van der Waals surface area (Å²) >= 11 is 0. The number of hydrogen-bond acceptors (Lipinski definition) is 5. The lowest BCUT2D eigenvalue weighted by Gasteiger charge is -2.15. The van der Waals surface area contributed by atoms with E-state index in [1.807, 2.05) is 6.07 Å². The van der Waals surface area contributed by atoms with E-state index in [4.69, 9.17) is 19.5 Å². The monoisotopic (exact) mass is 310 g/mol. The van der Waals surface area contributed by atoms with Crippen LogP contribution in [0.3, 0.4) is 0 Å². The molecule has 1 atom stereocenters. The minimum Gasteiger partial charge on any atom is -0.480 e. The second-order valence-electron chi connectivity index (χ2n) is 4.93. The molecule has 0 aliphatic carbocycles. The Morgan fingerprint density at radius 1 is 1.26 bits per heavy atom. The molecule has 1 aliphatic rings. The van der Waals surface area contributed by atoms with Crippen LogP contribution in [-0.2, 0) is 4.79 Å². The van der Waals surface area contributed by atoms with Gasteiger partial charge in [-0.05, 0) is 31.2 Å². The zero-order valence-electron chi connectivity index (χ0n) is 12.4. The molecule has 3 rings (SSSR count). The van der Waals surface area contributed by atoms with E-state index in [2.05, 4.69) is 5.32 Å². The van der Waals surface area contributed by atoms with E-state index in [1.165, 1.54) is 0 Å². The van der Waals surface area contributed by atoms with Crippen molar-refractivity contribution in [3.8, 4) is 23.3 Å². The van der Waals surface area contributed by atoms with Crippen LogP contribution in [0.2, 0.25) is 0 Å². The summed E-state index contributed by atoms with van der Waals surface area (Å²) in [5, 5.41) is 11.8. The van der Waals surface area contributed by atoms with Gasteiger partial charge >= 0.3 is 0 Å². The van der Waals surface area contributed by atoms with Gasteiger partial charge in [-0.15, -0.1) is 0 Å². The predicted octanol–water partition coefficient (Wildman–Crippen LogP) is 2.69. The average molecular weight is 310 g/mol. The molecule has 1 N–H and O–H groups in total. The molecule has 0 radical (unpaired) electrons. The number of anilines is 1. The van der Waals surface area contributed by atoms with Crippen molar-refractivity contribution in [3.05, 3.63) is 48.0 Å². The highest BCUT2D eigenvalue weighted by atomic mass is 16.7. The normalized spacial score (nSPS) is 13.0. The molecule has 1 heterocycles. The second-order valence-corrected chi connectivity index (χ2v) is 4.93. The number of amides is 1. The fourth-order valence-corrected chi connectivity index (χ4v) is 2.12. The zero-order valence-corrected chi connectivity index (χ0v) is 12.4. The Kier molecular flexibility index (Phi) is 4.02. The summed E-state index contributed by atoms with van der Waals surface area (Å²) in [6, 6.07) is 14.0. The Labute approximate surface area is 133 Å². The maximum absolute atomic E-state index is 12.2. The summed E-state index contributed by atoms with van der Waals surface area (Å²) < 4.78 is 16.1. The Hall–Kier alpha value is -3.20. The number of ether oxygens (including phenoxy) is 3. The molecule has 6 nitrogen and oxygen atoms in total. The highest BCUT2D eigenvalue weighted by Gasteiger charge is 2.18. The standard InChI is InChI=1S/C17H14N2O4/c1-11(23-14-5-3-2-4-12(14)9-18)17(20)19-13-6-7-15-16(8-13)22-10-21-15/h2-8,11H,10H2,1H3,(H,19,20)/t11-/m1/s1. The molecule has 0 aromatic heterocycles. The highest BCUT2D eigenvalue weighted by Crippen LogP contribution is 2.34. The third-order valence-corrected chi connectivity index (χ3v) is 3.32. The summed E-state index contributed by atoms with van der Waals surface area (Å²) in [4.78, 5) is 12.2. The molecule has 0 unspecified atom stereocenters. The minimum atomic E-state index is -0.755. The maximum atomic E-state index is 12.2. The topological polar surface area (TPSA) is 80.6 Å². The van der Waals surface area contributed by atoms with E-state index < -0.39 is 6.10 Å². The van der Waals surface area contributed by atoms with Gasteiger partial charge in [0.2, 0.25) is 6.79 Å². The van der Waals surface area contributed by atoms with Gasteiger partial charge in [0.1, 0.15) is 11.8 Å². The lowest BCUT2D eigenvalue weighted by atomic mass is 10.2. The summed E-state index contributed by atoms with van der Waals surface area (Å²) in [6.45, 7) is 1.80. The molecule has 1 aliphatic heterocycles. The summed E-state index contributed by atoms with van der Waals surface area (Å²) in [7, 11) is 0. The molecular weight excluding hydrogens is 296 g/mol. The van der Waals surface area contributed by atoms with Crippen molar-refractivity contribution in [1.29, 1.82) is 5.26 Å². The van der Waals surface area contributed by atoms with Crippen LogP contribution in [-0.4, -0.2) is 18.8 Å². The Balaban J connectivity index is 1.67. The van der Waals surface area contributed by atoms with Crippen molar-refractivity contribution in [3.63, 3.8) is 0 Å². The predicted molar refractivity (Wildman–Crippen MR) is 82.4 cm³/mol. The van der Waals surface area contributed by atoms with E-state index in [0.29, 0.717) is 28.5 Å². The van der Waals surface area contributed by atoms with Gasteiger partial charge in [0, 0.05) is 11.8 Å². The molecule has 2 aromatic rings. The Morgan fingerprint density at radius 2 is 2.04 bits per heavy atom. The second kappa shape index (κ2) is 6.28. The van der Waals surface area contributed by atoms with E-state index in [1.54, 1.807) is 49.4 Å². The molecule has 0 fully saturated rings. The zero-order chi connectivity index (χ0) is 16.2. The van der Waals surface area contributed by atoms with Gasteiger partial charge in [-0.3, -0.25) is 4.79 Å². The van der Waals surface area contributed by atoms with Gasteiger partial charge < -0.3 is 19.5 Å². The van der Waals surface area contributed by atoms with E-state index >= 15 is 0 Å². The van der Waals surface area contributed by atoms with Gasteiger partial charge in [-0.25, -0.2) is 0 Å². The highest BCUT2D eigenvalue weighted by molar-refractivity contribution is 5.94. The van der Waals surface area contributed by atoms with E-state index in [0.717, 1.165) is 0 Å². The van der Waals surface area contributed by atoms with Crippen LogP contribution in [0.4, 0.5) is 5.69 Å². The fraction of sp³-hybridized carbons (Fsp3) is 0.176. The van der Waals surface area contributed by atoms with Crippen LogP contribution in [0.25, 0.3) is 0 Å². The smallest absolute Gasteiger partial charge is 0.265 e. The van der Waals surface area contributed by atoms with Gasteiger partial charge in [-0.2, -0.15) is 5.26 Å². The molecule has 6 heteroatoms. The lowest BCUT2D eigenvalue weighted by Crippen LogP contribution is -2.30. The maximum Gasteiger partial charge on any atom is 0.265 e. The number of carbonyl (C=O) groups excluding carboxylic acids is 1. The minimum absolute atomic E-state index is 0.178. The Bertz CT molecular complexity index is 782. The summed E-state index contributed by atoms with van der Waals surface area (Å²) in [5.41, 5.74) is 0.971. The third-order valence-electron chi connectivity index (χ3n) is 3.32. The number of nitrogens with zero attached hydrogens (tertiary/aromatic N) is 1. The fourth-order valence-electron chi connectivity index (χ4n) is 2.12. The first kappa shape index (κ1) is 14.7. The first-order valence-electron chi connectivity index (χ1n) is 7.03. The number of nitrogens with one attached hydrogen (secondary N) is 1. The quantitative estimate of drug-likeness (QED) is 0.939. The lowest BCUT2D eigenvalue weighted by molar-refractivity contribution is -0.122. The summed E-state index contributed by atoms with van der Waals surface area (Å²) in [5.74, 6) is 1.29. The molecule has 0 saturated heterocycles. The first-order chi connectivity index (χ1) is 11.2. The molecular formula is C17H14N2O4. The average Bonchev–Trinajstić information content (AvgIpc) is 3.03. The number of rotatable bonds is 4. The molecule has 1 amide bonds. The van der Waals surface area contributed by atoms with Crippen molar-refractivity contribution in [1.82, 2.24) is 0 Å². The number of carbonyl (C=O) groups is 1. The van der Waals surface area contributed by atoms with Gasteiger partial charge in [0.25, 0.3) is 5.91 Å². The van der Waals surface area contributed by atoms with Crippen molar-refractivity contribution in [2.24, 2.45) is 0 Å². The molecule has 0 saturated carbocycles. The van der Waals surface area contributed by atoms with Crippen LogP contribution < -0.4 is 19.5 Å². The van der Waals surface area contributed by atoms with Gasteiger partial charge in [0.15, 0.2) is 17.6 Å². The number of benzene rings is 2. The van der Waals surface area contributed by atoms with Crippen LogP contribution in [0.15, 0.2) is 42.5 Å². The van der Waals surface area contributed by atoms with Crippen LogP contribution in [0.1, 0.15) is 12.5 Å². The van der Waals surface area contributed by atoms with Gasteiger partial charge in [0.05, 0.1) is 5.56 Å². The SMILES string of the molecule is C[C@@H](Oc1ccccc1C#N)C(=O)Nc1ccc2c(c1)OCO2. The van der Waals surface area contributed by atoms with Crippen molar-refractivity contribution in [2.75, 3.05) is 12.1 Å². The number of fused-ring (bicyclic) bond motifs is 1. The van der Waals surface area contributed by atoms with E-state index in [-0.39, 0.29) is 12.7 Å². The van der Waals surface area contributed by atoms with E-state index in [9.17, 15) is 4.79 Å². The Morgan fingerprint density at radius 3 is 2.87 bits per heavy atom. The van der Waals surface area contributed by atoms with Crippen LogP contribution in [0, 0.1) is 11.3 Å². The first-order valence-corrected chi connectivity index (χ1v) is 7.03. The largest absolute Gasteiger partial charge is 0.480 e. The van der Waals surface area contributed by atoms with Crippen molar-refractivity contribution < 1.29 is 19.0 Å². The van der Waals surface area contributed by atoms with Crippen LogP contribution >= 0.6 is 0 Å². The third kappa shape index (κ3) is 3.19. The molecule has 116 valence electrons. The number of nitriles is 1.